The van der Waals surface area contributed by atoms with Crippen LogP contribution in [0, 0.1) is 5.92 Å². The number of carbonyl (C=O) groups is 2. The minimum atomic E-state index is -1.33. The van der Waals surface area contributed by atoms with Crippen LogP contribution in [-0.2, 0) is 45.1 Å². The minimum absolute atomic E-state index is 0.0747. The van der Waals surface area contributed by atoms with Gasteiger partial charge in [-0.2, -0.15) is 4.31 Å². The van der Waals surface area contributed by atoms with Gasteiger partial charge in [0.2, 0.25) is 0 Å². The number of rotatable bonds is 14. The summed E-state index contributed by atoms with van der Waals surface area (Å²) in [4.78, 5) is 24.7. The first-order valence-electron chi connectivity index (χ1n) is 15.1. The van der Waals surface area contributed by atoms with Crippen molar-refractivity contribution in [2.24, 2.45) is 5.92 Å². The van der Waals surface area contributed by atoms with Gasteiger partial charge in [-0.05, 0) is 69.5 Å². The van der Waals surface area contributed by atoms with E-state index in [2.05, 4.69) is 26.2 Å². The molecule has 1 aliphatic carbocycles. The summed E-state index contributed by atoms with van der Waals surface area (Å²) < 4.78 is 38.2. The lowest BCUT2D eigenvalue weighted by Crippen LogP contribution is -2.62. The molecule has 42 heavy (non-hydrogen) atoms. The minimum Gasteiger partial charge on any atom is -0.463 e. The molecule has 1 aliphatic heterocycles. The molecule has 3 rings (SSSR count). The van der Waals surface area contributed by atoms with Gasteiger partial charge in [0.05, 0.1) is 23.9 Å². The topological polar surface area (TPSA) is 91.4 Å². The maximum absolute atomic E-state index is 13.8. The SMILES string of the molecule is C=CCOC(=O)C(c1ccc(C2(N(COCC[Si](C)(C)C)S(=O)C(C)(C)C)COC2)cc1)C1CCC(OC(C)=O)CC1. The van der Waals surface area contributed by atoms with Crippen molar-refractivity contribution in [3.8, 4) is 0 Å². The summed E-state index contributed by atoms with van der Waals surface area (Å²) >= 11 is 0. The van der Waals surface area contributed by atoms with E-state index in [1.165, 1.54) is 6.92 Å². The number of carbonyl (C=O) groups excluding carboxylic acids is 2. The molecule has 0 bridgehead atoms. The second-order valence-electron chi connectivity index (χ2n) is 13.8. The van der Waals surface area contributed by atoms with Gasteiger partial charge in [-0.3, -0.25) is 9.59 Å². The molecule has 0 N–H and O–H groups in total. The lowest BCUT2D eigenvalue weighted by atomic mass is 9.75. The van der Waals surface area contributed by atoms with E-state index in [0.29, 0.717) is 19.8 Å². The predicted molar refractivity (Wildman–Crippen MR) is 169 cm³/mol. The zero-order valence-electron chi connectivity index (χ0n) is 26.6. The maximum Gasteiger partial charge on any atom is 0.314 e. The van der Waals surface area contributed by atoms with E-state index in [1.54, 1.807) is 6.08 Å². The fraction of sp³-hybridized carbons (Fsp3) is 0.688. The summed E-state index contributed by atoms with van der Waals surface area (Å²) in [6.45, 7) is 19.9. The van der Waals surface area contributed by atoms with Crippen molar-refractivity contribution in [2.75, 3.05) is 33.2 Å². The predicted octanol–water partition coefficient (Wildman–Crippen LogP) is 5.92. The Balaban J connectivity index is 1.86. The van der Waals surface area contributed by atoms with E-state index in [1.807, 2.05) is 49.3 Å². The summed E-state index contributed by atoms with van der Waals surface area (Å²) in [5.41, 5.74) is 1.28. The number of ether oxygens (including phenoxy) is 4. The number of hydrogen-bond donors (Lipinski definition) is 0. The monoisotopic (exact) mass is 621 g/mol. The quantitative estimate of drug-likeness (QED) is 0.0837. The van der Waals surface area contributed by atoms with Crippen LogP contribution in [0.3, 0.4) is 0 Å². The van der Waals surface area contributed by atoms with Crippen LogP contribution in [0.25, 0.3) is 0 Å². The standard InChI is InChI=1S/C32H51NO7SSi/c1-9-18-39-30(35)29(26-12-16-28(17-13-26)40-24(2)34)25-10-14-27(15-11-25)32(21-38-22-32)33(41(36)31(3,4)5)23-37-19-20-42(6,7)8/h9-11,14-15,26,28-29H,1,12-13,16-23H2,2-8H3. The van der Waals surface area contributed by atoms with Crippen molar-refractivity contribution in [3.05, 3.63) is 48.0 Å². The molecule has 1 saturated carbocycles. The lowest BCUT2D eigenvalue weighted by molar-refractivity contribution is -0.151. The number of esters is 2. The van der Waals surface area contributed by atoms with Gasteiger partial charge in [0.25, 0.3) is 0 Å². The van der Waals surface area contributed by atoms with Crippen LogP contribution in [0.1, 0.15) is 70.4 Å². The molecule has 1 aromatic rings. The first-order valence-corrected chi connectivity index (χ1v) is 19.9. The first-order chi connectivity index (χ1) is 19.7. The molecule has 0 amide bonds. The Hall–Kier alpha value is -1.85. The third kappa shape index (κ3) is 9.08. The molecule has 2 unspecified atom stereocenters. The first kappa shape index (κ1) is 34.6. The molecule has 0 aromatic heterocycles. The molecule has 0 spiro atoms. The van der Waals surface area contributed by atoms with Crippen LogP contribution in [0.5, 0.6) is 0 Å². The van der Waals surface area contributed by atoms with Crippen molar-refractivity contribution in [1.29, 1.82) is 0 Å². The Kier molecular flexibility index (Phi) is 12.2. The lowest BCUT2D eigenvalue weighted by Gasteiger charge is -2.50. The number of nitrogens with zero attached hydrogens (tertiary/aromatic N) is 1. The summed E-state index contributed by atoms with van der Waals surface area (Å²) in [7, 11) is -2.60. The molecule has 2 atom stereocenters. The van der Waals surface area contributed by atoms with Crippen LogP contribution in [0.15, 0.2) is 36.9 Å². The highest BCUT2D eigenvalue weighted by molar-refractivity contribution is 7.84. The van der Waals surface area contributed by atoms with Gasteiger partial charge in [-0.25, -0.2) is 4.21 Å². The molecule has 10 heteroatoms. The summed E-state index contributed by atoms with van der Waals surface area (Å²) in [5.74, 6) is -0.902. The van der Waals surface area contributed by atoms with Gasteiger partial charge < -0.3 is 18.9 Å². The Morgan fingerprint density at radius 3 is 2.24 bits per heavy atom. The largest absolute Gasteiger partial charge is 0.463 e. The Bertz CT molecular complexity index is 1080. The van der Waals surface area contributed by atoms with E-state index in [9.17, 15) is 13.8 Å². The molecule has 1 aromatic carbocycles. The van der Waals surface area contributed by atoms with E-state index >= 15 is 0 Å². The van der Waals surface area contributed by atoms with Crippen molar-refractivity contribution < 1.29 is 32.7 Å². The Morgan fingerprint density at radius 1 is 1.14 bits per heavy atom. The smallest absolute Gasteiger partial charge is 0.314 e. The average molecular weight is 622 g/mol. The molecule has 1 heterocycles. The van der Waals surface area contributed by atoms with Crippen molar-refractivity contribution in [1.82, 2.24) is 4.31 Å². The van der Waals surface area contributed by atoms with Gasteiger partial charge in [-0.1, -0.05) is 56.6 Å². The Morgan fingerprint density at radius 2 is 1.76 bits per heavy atom. The van der Waals surface area contributed by atoms with E-state index < -0.39 is 35.3 Å². The zero-order valence-corrected chi connectivity index (χ0v) is 28.4. The highest BCUT2D eigenvalue weighted by atomic mass is 32.2. The Labute approximate surface area is 256 Å². The third-order valence-electron chi connectivity index (χ3n) is 8.02. The summed E-state index contributed by atoms with van der Waals surface area (Å²) in [5, 5.41) is 0. The summed E-state index contributed by atoms with van der Waals surface area (Å²) in [6, 6.07) is 9.10. The van der Waals surface area contributed by atoms with Crippen LogP contribution in [0.2, 0.25) is 25.7 Å². The highest BCUT2D eigenvalue weighted by Gasteiger charge is 2.50. The van der Waals surface area contributed by atoms with E-state index in [4.69, 9.17) is 18.9 Å². The third-order valence-corrected chi connectivity index (χ3v) is 11.6. The fourth-order valence-corrected chi connectivity index (χ4v) is 7.66. The highest BCUT2D eigenvalue weighted by Crippen LogP contribution is 2.42. The van der Waals surface area contributed by atoms with Crippen LogP contribution >= 0.6 is 0 Å². The fourth-order valence-electron chi connectivity index (χ4n) is 5.54. The van der Waals surface area contributed by atoms with E-state index in [-0.39, 0.29) is 37.3 Å². The van der Waals surface area contributed by atoms with Gasteiger partial charge in [-0.15, -0.1) is 0 Å². The molecule has 236 valence electrons. The van der Waals surface area contributed by atoms with E-state index in [0.717, 1.165) is 42.9 Å². The van der Waals surface area contributed by atoms with Crippen molar-refractivity contribution in [2.45, 2.75) is 101 Å². The number of benzene rings is 1. The molecule has 1 saturated heterocycles. The van der Waals surface area contributed by atoms with Gasteiger partial charge in [0.15, 0.2) is 0 Å². The molecule has 0 radical (unpaired) electrons. The second-order valence-corrected chi connectivity index (χ2v) is 21.6. The second kappa shape index (κ2) is 14.7. The summed E-state index contributed by atoms with van der Waals surface area (Å²) in [6.07, 6.45) is 4.44. The van der Waals surface area contributed by atoms with Crippen LogP contribution in [-0.4, -0.2) is 72.5 Å². The average Bonchev–Trinajstić information content (AvgIpc) is 2.88. The van der Waals surface area contributed by atoms with Gasteiger partial charge >= 0.3 is 11.9 Å². The van der Waals surface area contributed by atoms with Gasteiger partial charge in [0, 0.05) is 21.6 Å². The van der Waals surface area contributed by atoms with Crippen molar-refractivity contribution >= 4 is 31.0 Å². The molecular formula is C32H51NO7SSi. The van der Waals surface area contributed by atoms with Crippen molar-refractivity contribution in [3.63, 3.8) is 0 Å². The maximum atomic E-state index is 13.8. The molecular weight excluding hydrogens is 571 g/mol. The normalized spacial score (nSPS) is 22.1. The van der Waals surface area contributed by atoms with Crippen LogP contribution in [0.4, 0.5) is 0 Å². The molecule has 2 aliphatic rings. The zero-order chi connectivity index (χ0) is 31.1. The number of hydrogen-bond acceptors (Lipinski definition) is 7. The van der Waals surface area contributed by atoms with Crippen LogP contribution < -0.4 is 0 Å². The molecule has 8 nitrogen and oxygen atoms in total. The van der Waals surface area contributed by atoms with Gasteiger partial charge in [0.1, 0.15) is 36.0 Å². The molecule has 2 fully saturated rings.